The molecule has 2 N–H and O–H groups in total. The van der Waals surface area contributed by atoms with E-state index in [0.717, 1.165) is 12.5 Å². The van der Waals surface area contributed by atoms with Gasteiger partial charge in [-0.05, 0) is 58.7 Å². The summed E-state index contributed by atoms with van der Waals surface area (Å²) in [4.78, 5) is 15.0. The zero-order chi connectivity index (χ0) is 19.9. The summed E-state index contributed by atoms with van der Waals surface area (Å²) in [6.45, 7) is 8.92. The van der Waals surface area contributed by atoms with E-state index in [1.54, 1.807) is 15.8 Å². The normalized spacial score (nSPS) is 20.3. The summed E-state index contributed by atoms with van der Waals surface area (Å²) in [6, 6.07) is 3.36. The number of nitrogens with two attached hydrogens (primary N) is 1. The minimum absolute atomic E-state index is 0.0509. The molecule has 2 atom stereocenters. The van der Waals surface area contributed by atoms with Gasteiger partial charge in [0.1, 0.15) is 17.3 Å². The third kappa shape index (κ3) is 3.74. The first kappa shape index (κ1) is 19.5. The number of nitrogens with zero attached hydrogens (tertiary/aromatic N) is 3. The van der Waals surface area contributed by atoms with Crippen LogP contribution >= 0.6 is 0 Å². The topological polar surface area (TPSA) is 64.2 Å². The molecule has 146 valence electrons. The zero-order valence-corrected chi connectivity index (χ0v) is 16.2. The van der Waals surface area contributed by atoms with E-state index in [1.165, 1.54) is 12.1 Å². The van der Waals surface area contributed by atoms with Crippen molar-refractivity contribution in [2.24, 2.45) is 11.7 Å². The Morgan fingerprint density at radius 2 is 2.04 bits per heavy atom. The summed E-state index contributed by atoms with van der Waals surface area (Å²) in [6.07, 6.45) is 2.50. The molecule has 0 radical (unpaired) electrons. The summed E-state index contributed by atoms with van der Waals surface area (Å²) in [5, 5.41) is 4.48. The second-order valence-electron chi connectivity index (χ2n) is 8.27. The summed E-state index contributed by atoms with van der Waals surface area (Å²) in [5.41, 5.74) is 6.05. The summed E-state index contributed by atoms with van der Waals surface area (Å²) in [7, 11) is 0. The predicted molar refractivity (Wildman–Crippen MR) is 100 cm³/mol. The fraction of sp³-hybridized carbons (Fsp3) is 0.500. The smallest absolute Gasteiger partial charge is 0.257 e. The number of hydrogen-bond acceptors (Lipinski definition) is 3. The number of aromatic nitrogens is 2. The van der Waals surface area contributed by atoms with E-state index in [2.05, 4.69) is 5.10 Å². The monoisotopic (exact) mass is 376 g/mol. The van der Waals surface area contributed by atoms with Gasteiger partial charge in [-0.2, -0.15) is 5.10 Å². The molecule has 0 aliphatic carbocycles. The van der Waals surface area contributed by atoms with Crippen molar-refractivity contribution < 1.29 is 13.6 Å². The fourth-order valence-electron chi connectivity index (χ4n) is 3.51. The van der Waals surface area contributed by atoms with E-state index in [0.29, 0.717) is 18.7 Å². The molecular weight excluding hydrogens is 350 g/mol. The quantitative estimate of drug-likeness (QED) is 0.893. The van der Waals surface area contributed by atoms with Crippen LogP contribution in [-0.2, 0) is 5.54 Å². The third-order valence-corrected chi connectivity index (χ3v) is 5.07. The summed E-state index contributed by atoms with van der Waals surface area (Å²) in [5.74, 6) is -1.35. The van der Waals surface area contributed by atoms with Crippen LogP contribution in [0.4, 0.5) is 8.78 Å². The molecule has 5 nitrogen and oxygen atoms in total. The van der Waals surface area contributed by atoms with Crippen molar-refractivity contribution in [3.05, 3.63) is 41.6 Å². The van der Waals surface area contributed by atoms with Crippen molar-refractivity contribution in [3.63, 3.8) is 0 Å². The van der Waals surface area contributed by atoms with Gasteiger partial charge < -0.3 is 10.6 Å². The van der Waals surface area contributed by atoms with Crippen molar-refractivity contribution in [1.29, 1.82) is 0 Å². The van der Waals surface area contributed by atoms with Gasteiger partial charge in [-0.15, -0.1) is 0 Å². The van der Waals surface area contributed by atoms with Gasteiger partial charge in [0.2, 0.25) is 0 Å². The summed E-state index contributed by atoms with van der Waals surface area (Å²) >= 11 is 0. The molecule has 1 saturated heterocycles. The number of halogens is 2. The average molecular weight is 376 g/mol. The number of rotatable bonds is 3. The highest BCUT2D eigenvalue weighted by Crippen LogP contribution is 2.31. The van der Waals surface area contributed by atoms with Gasteiger partial charge in [0.05, 0.1) is 11.1 Å². The minimum atomic E-state index is -0.738. The highest BCUT2D eigenvalue weighted by atomic mass is 19.1. The molecule has 2 aromatic rings. The molecule has 27 heavy (non-hydrogen) atoms. The number of hydrogen-bond donors (Lipinski definition) is 1. The van der Waals surface area contributed by atoms with E-state index in [-0.39, 0.29) is 34.7 Å². The number of benzene rings is 1. The molecule has 0 spiro atoms. The molecule has 7 heteroatoms. The van der Waals surface area contributed by atoms with Crippen molar-refractivity contribution in [1.82, 2.24) is 14.7 Å². The first-order chi connectivity index (χ1) is 12.6. The number of likely N-dealkylation sites (tertiary alicyclic amines) is 1. The lowest BCUT2D eigenvalue weighted by Gasteiger charge is -2.21. The minimum Gasteiger partial charge on any atom is -0.335 e. The van der Waals surface area contributed by atoms with E-state index in [4.69, 9.17) is 5.73 Å². The van der Waals surface area contributed by atoms with Gasteiger partial charge in [-0.3, -0.25) is 9.48 Å². The Morgan fingerprint density at radius 1 is 1.33 bits per heavy atom. The molecule has 1 fully saturated rings. The zero-order valence-electron chi connectivity index (χ0n) is 16.2. The van der Waals surface area contributed by atoms with Crippen LogP contribution < -0.4 is 5.73 Å². The first-order valence-electron chi connectivity index (χ1n) is 9.18. The Kier molecular flexibility index (Phi) is 5.08. The molecule has 1 aromatic heterocycles. The van der Waals surface area contributed by atoms with Gasteiger partial charge in [0.15, 0.2) is 0 Å². The SMILES string of the molecule is CC1CC(CN)CN1C(=O)c1cn(C(C)(C)C)nc1-c1ccc(F)cc1F. The lowest BCUT2D eigenvalue weighted by atomic mass is 10.1. The van der Waals surface area contributed by atoms with Crippen LogP contribution in [0.2, 0.25) is 0 Å². The maximum absolute atomic E-state index is 14.4. The first-order valence-corrected chi connectivity index (χ1v) is 9.18. The van der Waals surface area contributed by atoms with Gasteiger partial charge in [-0.25, -0.2) is 8.78 Å². The molecule has 0 saturated carbocycles. The molecule has 2 heterocycles. The standard InChI is InChI=1S/C20H26F2N4O/c1-12-7-13(9-23)10-25(12)19(27)16-11-26(20(2,3)4)24-18(16)15-6-5-14(21)8-17(15)22/h5-6,8,11-13H,7,9-10,23H2,1-4H3. The second kappa shape index (κ2) is 7.03. The van der Waals surface area contributed by atoms with E-state index >= 15 is 0 Å². The Labute approximate surface area is 158 Å². The van der Waals surface area contributed by atoms with E-state index < -0.39 is 11.6 Å². The second-order valence-corrected chi connectivity index (χ2v) is 8.27. The number of carbonyl (C=O) groups excluding carboxylic acids is 1. The predicted octanol–water partition coefficient (Wildman–Crippen LogP) is 3.39. The van der Waals surface area contributed by atoms with Gasteiger partial charge in [0.25, 0.3) is 5.91 Å². The molecule has 1 aliphatic heterocycles. The van der Waals surface area contributed by atoms with Crippen LogP contribution in [0.3, 0.4) is 0 Å². The van der Waals surface area contributed by atoms with Crippen molar-refractivity contribution >= 4 is 5.91 Å². The van der Waals surface area contributed by atoms with E-state index in [9.17, 15) is 13.6 Å². The lowest BCUT2D eigenvalue weighted by Crippen LogP contribution is -2.34. The molecule has 1 aliphatic rings. The molecular formula is C20H26F2N4O. The average Bonchev–Trinajstić information content (AvgIpc) is 3.18. The largest absolute Gasteiger partial charge is 0.335 e. The number of carbonyl (C=O) groups is 1. The van der Waals surface area contributed by atoms with Crippen molar-refractivity contribution in [2.75, 3.05) is 13.1 Å². The maximum Gasteiger partial charge on any atom is 0.257 e. The maximum atomic E-state index is 14.4. The fourth-order valence-corrected chi connectivity index (χ4v) is 3.51. The van der Waals surface area contributed by atoms with Gasteiger partial charge in [0, 0.05) is 30.4 Å². The van der Waals surface area contributed by atoms with Crippen LogP contribution in [0.15, 0.2) is 24.4 Å². The Bertz CT molecular complexity index is 856. The van der Waals surface area contributed by atoms with Crippen LogP contribution in [0, 0.1) is 17.6 Å². The molecule has 2 unspecified atom stereocenters. The lowest BCUT2D eigenvalue weighted by molar-refractivity contribution is 0.0744. The van der Waals surface area contributed by atoms with Crippen LogP contribution in [0.1, 0.15) is 44.5 Å². The Hall–Kier alpha value is -2.28. The highest BCUT2D eigenvalue weighted by molar-refractivity contribution is 6.00. The third-order valence-electron chi connectivity index (χ3n) is 5.07. The van der Waals surface area contributed by atoms with E-state index in [1.807, 2.05) is 27.7 Å². The van der Waals surface area contributed by atoms with Crippen LogP contribution in [-0.4, -0.2) is 39.7 Å². The Morgan fingerprint density at radius 3 is 2.59 bits per heavy atom. The molecule has 1 amide bonds. The van der Waals surface area contributed by atoms with Crippen LogP contribution in [0.25, 0.3) is 11.3 Å². The number of amides is 1. The van der Waals surface area contributed by atoms with Crippen molar-refractivity contribution in [3.8, 4) is 11.3 Å². The Balaban J connectivity index is 2.08. The molecule has 1 aromatic carbocycles. The van der Waals surface area contributed by atoms with Crippen LogP contribution in [0.5, 0.6) is 0 Å². The molecule has 3 rings (SSSR count). The van der Waals surface area contributed by atoms with Gasteiger partial charge >= 0.3 is 0 Å². The van der Waals surface area contributed by atoms with Gasteiger partial charge in [-0.1, -0.05) is 0 Å². The van der Waals surface area contributed by atoms with Crippen molar-refractivity contribution in [2.45, 2.75) is 45.7 Å². The summed E-state index contributed by atoms with van der Waals surface area (Å²) < 4.78 is 29.4. The highest BCUT2D eigenvalue weighted by Gasteiger charge is 2.35. The molecule has 0 bridgehead atoms.